The van der Waals surface area contributed by atoms with Gasteiger partial charge in [0.25, 0.3) is 0 Å². The van der Waals surface area contributed by atoms with Gasteiger partial charge >= 0.3 is 0 Å². The average Bonchev–Trinajstić information content (AvgIpc) is 2.85. The van der Waals surface area contributed by atoms with Crippen LogP contribution in [0.2, 0.25) is 0 Å². The van der Waals surface area contributed by atoms with Crippen LogP contribution in [0.1, 0.15) is 6.42 Å². The zero-order chi connectivity index (χ0) is 22.6. The van der Waals surface area contributed by atoms with Gasteiger partial charge in [0.05, 0.1) is 13.2 Å². The number of methoxy groups -OCH3 is 1. The molecule has 0 aromatic heterocycles. The number of rotatable bonds is 9. The molecule has 1 aliphatic heterocycles. The molecule has 33 heavy (non-hydrogen) atoms. The summed E-state index contributed by atoms with van der Waals surface area (Å²) < 4.78 is 10.8. The number of guanidine groups is 1. The lowest BCUT2D eigenvalue weighted by Crippen LogP contribution is -2.51. The fraction of sp³-hybridized carbons (Fsp3) is 0.417. The summed E-state index contributed by atoms with van der Waals surface area (Å²) in [7, 11) is 3.36. The number of halogens is 1. The number of anilines is 2. The number of benzene rings is 2. The number of aliphatic imine (C=N–C) groups is 1. The Kier molecular flexibility index (Phi) is 11.8. The smallest absolute Gasteiger partial charge is 0.242 e. The molecule has 0 bridgehead atoms. The van der Waals surface area contributed by atoms with Gasteiger partial charge in [-0.2, -0.15) is 0 Å². The molecule has 0 aliphatic carbocycles. The molecule has 0 saturated carbocycles. The van der Waals surface area contributed by atoms with Crippen molar-refractivity contribution in [3.63, 3.8) is 0 Å². The molecule has 1 heterocycles. The molecular weight excluding hydrogens is 533 g/mol. The Bertz CT molecular complexity index is 873. The van der Waals surface area contributed by atoms with E-state index < -0.39 is 0 Å². The van der Waals surface area contributed by atoms with Crippen LogP contribution in [0.4, 0.5) is 11.4 Å². The predicted molar refractivity (Wildman–Crippen MR) is 144 cm³/mol. The lowest BCUT2D eigenvalue weighted by Gasteiger charge is -2.36. The highest BCUT2D eigenvalue weighted by molar-refractivity contribution is 14.0. The van der Waals surface area contributed by atoms with Gasteiger partial charge in [0.2, 0.25) is 5.91 Å². The zero-order valence-corrected chi connectivity index (χ0v) is 21.7. The van der Waals surface area contributed by atoms with E-state index in [1.54, 1.807) is 14.2 Å². The molecule has 3 rings (SSSR count). The van der Waals surface area contributed by atoms with Crippen molar-refractivity contribution in [2.75, 3.05) is 70.3 Å². The second-order valence-electron chi connectivity index (χ2n) is 7.48. The first-order chi connectivity index (χ1) is 15.7. The Morgan fingerprint density at radius 2 is 1.79 bits per heavy atom. The first kappa shape index (κ1) is 26.7. The lowest BCUT2D eigenvalue weighted by atomic mass is 10.2. The van der Waals surface area contributed by atoms with Crippen molar-refractivity contribution in [1.82, 2.24) is 10.2 Å². The van der Waals surface area contributed by atoms with Crippen molar-refractivity contribution >= 4 is 47.2 Å². The molecule has 1 saturated heterocycles. The van der Waals surface area contributed by atoms with Crippen molar-refractivity contribution in [3.05, 3.63) is 54.6 Å². The molecule has 9 heteroatoms. The third-order valence-corrected chi connectivity index (χ3v) is 5.24. The second kappa shape index (κ2) is 14.6. The molecule has 1 fully saturated rings. The number of nitrogens with one attached hydrogen (secondary N) is 2. The maximum absolute atomic E-state index is 12.7. The van der Waals surface area contributed by atoms with Crippen LogP contribution in [0, 0.1) is 0 Å². The molecule has 1 amide bonds. The summed E-state index contributed by atoms with van der Waals surface area (Å²) in [4.78, 5) is 21.1. The molecule has 1 aliphatic rings. The van der Waals surface area contributed by atoms with Crippen molar-refractivity contribution in [3.8, 4) is 5.75 Å². The highest BCUT2D eigenvalue weighted by Crippen LogP contribution is 2.18. The normalized spacial score (nSPS) is 13.8. The van der Waals surface area contributed by atoms with Crippen molar-refractivity contribution in [1.29, 1.82) is 0 Å². The summed E-state index contributed by atoms with van der Waals surface area (Å²) in [6, 6.07) is 18.0. The number of piperazine rings is 1. The minimum Gasteiger partial charge on any atom is -0.493 e. The van der Waals surface area contributed by atoms with Gasteiger partial charge in [0.15, 0.2) is 5.96 Å². The first-order valence-electron chi connectivity index (χ1n) is 11.0. The van der Waals surface area contributed by atoms with Gasteiger partial charge in [-0.05, 0) is 24.3 Å². The minimum absolute atomic E-state index is 0. The highest BCUT2D eigenvalue weighted by Gasteiger charge is 2.21. The van der Waals surface area contributed by atoms with E-state index in [1.165, 1.54) is 5.69 Å². The number of para-hydroxylation sites is 1. The van der Waals surface area contributed by atoms with E-state index in [0.717, 1.165) is 30.9 Å². The van der Waals surface area contributed by atoms with Crippen LogP contribution in [0.5, 0.6) is 5.75 Å². The summed E-state index contributed by atoms with van der Waals surface area (Å²) >= 11 is 0. The summed E-state index contributed by atoms with van der Waals surface area (Å²) in [6.45, 7) is 4.55. The average molecular weight is 567 g/mol. The standard InChI is InChI=1S/C24H33N5O3.HI/c1-25-24(27-20-8-6-11-22(18-20)32-17-7-16-31-2)26-19-23(30)29-14-12-28(13-15-29)21-9-4-3-5-10-21;/h3-6,8-11,18H,7,12-17,19H2,1-2H3,(H2,25,26,27);1H. The van der Waals surface area contributed by atoms with Gasteiger partial charge in [-0.3, -0.25) is 9.79 Å². The van der Waals surface area contributed by atoms with Crippen molar-refractivity contribution in [2.45, 2.75) is 6.42 Å². The number of carbonyl (C=O) groups is 1. The van der Waals surface area contributed by atoms with Crippen molar-refractivity contribution < 1.29 is 14.3 Å². The molecule has 0 unspecified atom stereocenters. The van der Waals surface area contributed by atoms with E-state index >= 15 is 0 Å². The van der Waals surface area contributed by atoms with Crippen LogP contribution in [0.25, 0.3) is 0 Å². The van der Waals surface area contributed by atoms with E-state index in [-0.39, 0.29) is 36.4 Å². The van der Waals surface area contributed by atoms with Crippen LogP contribution < -0.4 is 20.3 Å². The summed E-state index contributed by atoms with van der Waals surface area (Å²) in [5.74, 6) is 1.38. The number of amides is 1. The topological polar surface area (TPSA) is 78.4 Å². The lowest BCUT2D eigenvalue weighted by molar-refractivity contribution is -0.130. The Hall–Kier alpha value is -2.53. The van der Waals surface area contributed by atoms with Crippen LogP contribution in [0.3, 0.4) is 0 Å². The maximum atomic E-state index is 12.7. The molecule has 8 nitrogen and oxygen atoms in total. The molecule has 180 valence electrons. The van der Waals surface area contributed by atoms with Crippen LogP contribution in [-0.2, 0) is 9.53 Å². The van der Waals surface area contributed by atoms with Gasteiger partial charge in [-0.1, -0.05) is 24.3 Å². The van der Waals surface area contributed by atoms with Gasteiger partial charge in [0, 0.05) is 70.8 Å². The molecule has 0 spiro atoms. The van der Waals surface area contributed by atoms with E-state index in [4.69, 9.17) is 9.47 Å². The van der Waals surface area contributed by atoms with Gasteiger partial charge in [-0.15, -0.1) is 24.0 Å². The number of nitrogens with zero attached hydrogens (tertiary/aromatic N) is 3. The molecule has 0 radical (unpaired) electrons. The summed E-state index contributed by atoms with van der Waals surface area (Å²) in [5, 5.41) is 6.33. The number of hydrogen-bond acceptors (Lipinski definition) is 5. The molecule has 2 aromatic rings. The highest BCUT2D eigenvalue weighted by atomic mass is 127. The Labute approximate surface area is 213 Å². The maximum Gasteiger partial charge on any atom is 0.242 e. The molecule has 0 atom stereocenters. The quantitative estimate of drug-likeness (QED) is 0.210. The summed E-state index contributed by atoms with van der Waals surface area (Å²) in [5.41, 5.74) is 2.04. The van der Waals surface area contributed by atoms with Crippen LogP contribution >= 0.6 is 24.0 Å². The van der Waals surface area contributed by atoms with E-state index in [1.807, 2.05) is 47.4 Å². The SMILES string of the molecule is CN=C(NCC(=O)N1CCN(c2ccccc2)CC1)Nc1cccc(OCCCOC)c1.I. The molecule has 2 N–H and O–H groups in total. The van der Waals surface area contributed by atoms with E-state index in [9.17, 15) is 4.79 Å². The number of hydrogen-bond donors (Lipinski definition) is 2. The van der Waals surface area contributed by atoms with Crippen molar-refractivity contribution in [2.24, 2.45) is 4.99 Å². The number of carbonyl (C=O) groups excluding carboxylic acids is 1. The fourth-order valence-corrected chi connectivity index (χ4v) is 3.50. The third kappa shape index (κ3) is 8.73. The first-order valence-corrected chi connectivity index (χ1v) is 11.0. The van der Waals surface area contributed by atoms with Gasteiger partial charge in [-0.25, -0.2) is 0 Å². The molecular formula is C24H34IN5O3. The Morgan fingerprint density at radius 1 is 1.03 bits per heavy atom. The van der Waals surface area contributed by atoms with Crippen LogP contribution in [-0.4, -0.2) is 76.9 Å². The Balaban J connectivity index is 0.00000385. The molecule has 2 aromatic carbocycles. The number of ether oxygens (including phenoxy) is 2. The van der Waals surface area contributed by atoms with Gasteiger partial charge in [0.1, 0.15) is 5.75 Å². The monoisotopic (exact) mass is 567 g/mol. The van der Waals surface area contributed by atoms with E-state index in [0.29, 0.717) is 32.3 Å². The predicted octanol–water partition coefficient (Wildman–Crippen LogP) is 3.06. The second-order valence-corrected chi connectivity index (χ2v) is 7.48. The van der Waals surface area contributed by atoms with Crippen LogP contribution in [0.15, 0.2) is 59.6 Å². The zero-order valence-electron chi connectivity index (χ0n) is 19.3. The largest absolute Gasteiger partial charge is 0.493 e. The minimum atomic E-state index is 0. The van der Waals surface area contributed by atoms with E-state index in [2.05, 4.69) is 32.7 Å². The van der Waals surface area contributed by atoms with Gasteiger partial charge < -0.3 is 29.9 Å². The summed E-state index contributed by atoms with van der Waals surface area (Å²) in [6.07, 6.45) is 0.832. The third-order valence-electron chi connectivity index (χ3n) is 5.24. The fourth-order valence-electron chi connectivity index (χ4n) is 3.50. The Morgan fingerprint density at radius 3 is 2.48 bits per heavy atom.